The normalized spacial score (nSPS) is 11.9. The lowest BCUT2D eigenvalue weighted by molar-refractivity contribution is -0.138. The van der Waals surface area contributed by atoms with Crippen LogP contribution >= 0.6 is 0 Å². The molecule has 0 atom stereocenters. The highest BCUT2D eigenvalue weighted by Gasteiger charge is 2.12. The van der Waals surface area contributed by atoms with Crippen LogP contribution in [0.15, 0.2) is 91.0 Å². The van der Waals surface area contributed by atoms with E-state index in [1.54, 1.807) is 6.08 Å². The van der Waals surface area contributed by atoms with Crippen LogP contribution in [0.4, 0.5) is 0 Å². The van der Waals surface area contributed by atoms with Crippen LogP contribution < -0.4 is 0 Å². The molecule has 0 amide bonds. The van der Waals surface area contributed by atoms with Crippen LogP contribution in [0.1, 0.15) is 35.6 Å². The SMILES string of the molecule is CCC(=C(c1ccccc1)c1ccc(C=CC(=O)OCCO)cc1)c1ccccc1. The number of rotatable bonds is 8. The zero-order chi connectivity index (χ0) is 21.2. The molecular weight excluding hydrogens is 372 g/mol. The fraction of sp³-hybridized carbons (Fsp3) is 0.148. The third kappa shape index (κ3) is 5.56. The number of carbonyl (C=O) groups excluding carboxylic acids is 1. The smallest absolute Gasteiger partial charge is 0.330 e. The van der Waals surface area contributed by atoms with Gasteiger partial charge in [-0.2, -0.15) is 0 Å². The lowest BCUT2D eigenvalue weighted by Crippen LogP contribution is -2.04. The highest BCUT2D eigenvalue weighted by atomic mass is 16.5. The largest absolute Gasteiger partial charge is 0.460 e. The molecule has 30 heavy (non-hydrogen) atoms. The Balaban J connectivity index is 1.98. The van der Waals surface area contributed by atoms with Crippen molar-refractivity contribution in [3.63, 3.8) is 0 Å². The van der Waals surface area contributed by atoms with E-state index in [9.17, 15) is 4.79 Å². The number of carbonyl (C=O) groups is 1. The first-order valence-corrected chi connectivity index (χ1v) is 10.1. The van der Waals surface area contributed by atoms with E-state index in [0.29, 0.717) is 0 Å². The Labute approximate surface area is 178 Å². The molecule has 1 N–H and O–H groups in total. The van der Waals surface area contributed by atoms with Gasteiger partial charge >= 0.3 is 5.97 Å². The summed E-state index contributed by atoms with van der Waals surface area (Å²) < 4.78 is 4.84. The molecule has 0 aromatic heterocycles. The topological polar surface area (TPSA) is 46.5 Å². The average Bonchev–Trinajstić information content (AvgIpc) is 2.81. The summed E-state index contributed by atoms with van der Waals surface area (Å²) in [6, 6.07) is 29.0. The van der Waals surface area contributed by atoms with Gasteiger partial charge in [-0.05, 0) is 45.9 Å². The van der Waals surface area contributed by atoms with Crippen molar-refractivity contribution in [2.45, 2.75) is 13.3 Å². The summed E-state index contributed by atoms with van der Waals surface area (Å²) in [4.78, 5) is 11.6. The molecule has 3 nitrogen and oxygen atoms in total. The quantitative estimate of drug-likeness (QED) is 0.305. The Morgan fingerprint density at radius 2 is 1.40 bits per heavy atom. The van der Waals surface area contributed by atoms with E-state index in [1.807, 2.05) is 24.3 Å². The molecule has 3 heteroatoms. The monoisotopic (exact) mass is 398 g/mol. The summed E-state index contributed by atoms with van der Waals surface area (Å²) in [6.45, 7) is 2.01. The molecular formula is C27H26O3. The number of esters is 1. The molecule has 0 spiro atoms. The van der Waals surface area contributed by atoms with Gasteiger partial charge in [-0.15, -0.1) is 0 Å². The second kappa shape index (κ2) is 10.9. The minimum atomic E-state index is -0.463. The van der Waals surface area contributed by atoms with Crippen LogP contribution in [-0.4, -0.2) is 24.3 Å². The standard InChI is InChI=1S/C27H26O3/c1-2-25(22-9-5-3-6-10-22)27(23-11-7-4-8-12-23)24-16-13-21(14-17-24)15-18-26(29)30-20-19-28/h3-18,28H,2,19-20H2,1H3. The highest BCUT2D eigenvalue weighted by molar-refractivity contribution is 5.98. The molecule has 0 aliphatic carbocycles. The number of allylic oxidation sites excluding steroid dienone is 1. The van der Waals surface area contributed by atoms with Crippen LogP contribution in [0.3, 0.4) is 0 Å². The number of ether oxygens (including phenoxy) is 1. The molecule has 0 fully saturated rings. The summed E-state index contributed by atoms with van der Waals surface area (Å²) in [5, 5.41) is 8.72. The van der Waals surface area contributed by atoms with Crippen LogP contribution in [-0.2, 0) is 9.53 Å². The van der Waals surface area contributed by atoms with E-state index in [0.717, 1.165) is 17.5 Å². The van der Waals surface area contributed by atoms with Crippen molar-refractivity contribution in [2.24, 2.45) is 0 Å². The molecule has 0 bridgehead atoms. The predicted molar refractivity (Wildman–Crippen MR) is 123 cm³/mol. The van der Waals surface area contributed by atoms with Crippen molar-refractivity contribution in [3.8, 4) is 0 Å². The number of aliphatic hydroxyl groups is 1. The first-order chi connectivity index (χ1) is 14.7. The van der Waals surface area contributed by atoms with Crippen molar-refractivity contribution in [2.75, 3.05) is 13.2 Å². The minimum Gasteiger partial charge on any atom is -0.460 e. The van der Waals surface area contributed by atoms with E-state index < -0.39 is 5.97 Å². The lowest BCUT2D eigenvalue weighted by Gasteiger charge is -2.16. The molecule has 0 saturated heterocycles. The maximum Gasteiger partial charge on any atom is 0.330 e. The third-order valence-corrected chi connectivity index (χ3v) is 4.79. The summed E-state index contributed by atoms with van der Waals surface area (Å²) in [5.74, 6) is -0.463. The first-order valence-electron chi connectivity index (χ1n) is 10.1. The fourth-order valence-electron chi connectivity index (χ4n) is 3.40. The predicted octanol–water partition coefficient (Wildman–Crippen LogP) is 5.60. The molecule has 0 saturated carbocycles. The van der Waals surface area contributed by atoms with Gasteiger partial charge < -0.3 is 9.84 Å². The van der Waals surface area contributed by atoms with Gasteiger partial charge in [0.15, 0.2) is 0 Å². The van der Waals surface area contributed by atoms with Crippen molar-refractivity contribution in [3.05, 3.63) is 113 Å². The van der Waals surface area contributed by atoms with Crippen LogP contribution in [0.2, 0.25) is 0 Å². The van der Waals surface area contributed by atoms with Crippen LogP contribution in [0.25, 0.3) is 17.2 Å². The van der Waals surface area contributed by atoms with Gasteiger partial charge in [-0.25, -0.2) is 4.79 Å². The van der Waals surface area contributed by atoms with Crippen molar-refractivity contribution < 1.29 is 14.6 Å². The minimum absolute atomic E-state index is 0.00657. The van der Waals surface area contributed by atoms with Gasteiger partial charge in [-0.1, -0.05) is 91.9 Å². The zero-order valence-electron chi connectivity index (χ0n) is 17.1. The Hall–Kier alpha value is -3.43. The second-order valence-electron chi connectivity index (χ2n) is 6.79. The molecule has 3 rings (SSSR count). The lowest BCUT2D eigenvalue weighted by atomic mass is 9.88. The third-order valence-electron chi connectivity index (χ3n) is 4.79. The van der Waals surface area contributed by atoms with Crippen LogP contribution in [0, 0.1) is 0 Å². The molecule has 0 aliphatic heterocycles. The molecule has 0 unspecified atom stereocenters. The van der Waals surface area contributed by atoms with E-state index in [4.69, 9.17) is 9.84 Å². The summed E-state index contributed by atoms with van der Waals surface area (Å²) in [7, 11) is 0. The van der Waals surface area contributed by atoms with E-state index in [1.165, 1.54) is 28.3 Å². The molecule has 3 aromatic rings. The van der Waals surface area contributed by atoms with E-state index >= 15 is 0 Å². The van der Waals surface area contributed by atoms with Crippen molar-refractivity contribution >= 4 is 23.2 Å². The first kappa shape index (κ1) is 21.3. The average molecular weight is 399 g/mol. The Morgan fingerprint density at radius 3 is 1.97 bits per heavy atom. The molecule has 0 radical (unpaired) electrons. The van der Waals surface area contributed by atoms with Gasteiger partial charge in [-0.3, -0.25) is 0 Å². The maximum atomic E-state index is 11.6. The summed E-state index contributed by atoms with van der Waals surface area (Å²) >= 11 is 0. The number of benzene rings is 3. The van der Waals surface area contributed by atoms with Crippen molar-refractivity contribution in [1.82, 2.24) is 0 Å². The van der Waals surface area contributed by atoms with Gasteiger partial charge in [0.25, 0.3) is 0 Å². The highest BCUT2D eigenvalue weighted by Crippen LogP contribution is 2.34. The van der Waals surface area contributed by atoms with Gasteiger partial charge in [0.2, 0.25) is 0 Å². The number of hydrogen-bond acceptors (Lipinski definition) is 3. The fourth-order valence-corrected chi connectivity index (χ4v) is 3.40. The number of aliphatic hydroxyl groups excluding tert-OH is 1. The van der Waals surface area contributed by atoms with Gasteiger partial charge in [0, 0.05) is 6.08 Å². The van der Waals surface area contributed by atoms with Crippen molar-refractivity contribution in [1.29, 1.82) is 0 Å². The van der Waals surface area contributed by atoms with E-state index in [-0.39, 0.29) is 13.2 Å². The molecule has 0 aliphatic rings. The Kier molecular flexibility index (Phi) is 7.76. The number of hydrogen-bond donors (Lipinski definition) is 1. The molecule has 3 aromatic carbocycles. The Bertz CT molecular complexity index is 1000. The van der Waals surface area contributed by atoms with Crippen LogP contribution in [0.5, 0.6) is 0 Å². The van der Waals surface area contributed by atoms with Gasteiger partial charge in [0.05, 0.1) is 6.61 Å². The summed E-state index contributed by atoms with van der Waals surface area (Å²) in [5.41, 5.74) is 6.93. The Morgan fingerprint density at radius 1 is 0.833 bits per heavy atom. The second-order valence-corrected chi connectivity index (χ2v) is 6.79. The molecule has 0 heterocycles. The maximum absolute atomic E-state index is 11.6. The van der Waals surface area contributed by atoms with Gasteiger partial charge in [0.1, 0.15) is 6.61 Å². The molecule has 152 valence electrons. The van der Waals surface area contributed by atoms with E-state index in [2.05, 4.69) is 67.6 Å². The summed E-state index contributed by atoms with van der Waals surface area (Å²) in [6.07, 6.45) is 4.00. The zero-order valence-corrected chi connectivity index (χ0v) is 17.1.